The molecule has 1 aromatic carbocycles. The Hall–Kier alpha value is -0.580. The number of aliphatic hydroxyl groups excluding tert-OH is 2. The lowest BCUT2D eigenvalue weighted by molar-refractivity contribution is 0.0840. The first kappa shape index (κ1) is 15.8. The van der Waals surface area contributed by atoms with Crippen LogP contribution in [0.15, 0.2) is 16.6 Å². The number of hydrogen-bond donors (Lipinski definition) is 2. The van der Waals surface area contributed by atoms with Crippen LogP contribution in [0.1, 0.15) is 43.2 Å². The van der Waals surface area contributed by atoms with Gasteiger partial charge in [-0.05, 0) is 37.0 Å². The summed E-state index contributed by atoms with van der Waals surface area (Å²) in [4.78, 5) is 0. The van der Waals surface area contributed by atoms with Gasteiger partial charge in [0.1, 0.15) is 12.4 Å². The Bertz CT molecular complexity index is 442. The summed E-state index contributed by atoms with van der Waals surface area (Å²) >= 11 is 3.41. The van der Waals surface area contributed by atoms with Gasteiger partial charge in [-0.2, -0.15) is 0 Å². The minimum absolute atomic E-state index is 0.0612. The van der Waals surface area contributed by atoms with Gasteiger partial charge >= 0.3 is 0 Å². The monoisotopic (exact) mass is 342 g/mol. The third kappa shape index (κ3) is 4.21. The molecule has 2 rings (SSSR count). The fourth-order valence-electron chi connectivity index (χ4n) is 3.00. The van der Waals surface area contributed by atoms with Gasteiger partial charge in [-0.25, -0.2) is 0 Å². The molecule has 1 aliphatic rings. The molecule has 1 saturated carbocycles. The maximum Gasteiger partial charge on any atom is 0.127 e. The van der Waals surface area contributed by atoms with Gasteiger partial charge in [-0.3, -0.25) is 0 Å². The van der Waals surface area contributed by atoms with Crippen LogP contribution in [0.4, 0.5) is 0 Å². The largest absolute Gasteiger partial charge is 0.490 e. The van der Waals surface area contributed by atoms with E-state index in [2.05, 4.69) is 15.9 Å². The van der Waals surface area contributed by atoms with Crippen LogP contribution < -0.4 is 4.74 Å². The summed E-state index contributed by atoms with van der Waals surface area (Å²) in [5, 5.41) is 19.5. The van der Waals surface area contributed by atoms with Gasteiger partial charge in [-0.1, -0.05) is 41.6 Å². The molecule has 0 aliphatic heterocycles. The molecule has 2 N–H and O–H groups in total. The van der Waals surface area contributed by atoms with Crippen LogP contribution in [0.25, 0.3) is 0 Å². The summed E-state index contributed by atoms with van der Waals surface area (Å²) in [6.45, 7) is 2.18. The van der Waals surface area contributed by atoms with E-state index in [0.717, 1.165) is 22.0 Å². The number of ether oxygens (including phenoxy) is 1. The predicted octanol–water partition coefficient (Wildman–Crippen LogP) is 3.57. The molecule has 0 aromatic heterocycles. The molecule has 1 fully saturated rings. The van der Waals surface area contributed by atoms with Crippen LogP contribution in [-0.2, 0) is 6.61 Å². The van der Waals surface area contributed by atoms with E-state index in [1.807, 2.05) is 19.1 Å². The Morgan fingerprint density at radius 2 is 2.05 bits per heavy atom. The summed E-state index contributed by atoms with van der Waals surface area (Å²) in [5.74, 6) is 1.35. The number of halogens is 1. The molecule has 3 nitrogen and oxygen atoms in total. The summed E-state index contributed by atoms with van der Waals surface area (Å²) in [6, 6.07) is 3.81. The van der Waals surface area contributed by atoms with Crippen molar-refractivity contribution >= 4 is 15.9 Å². The topological polar surface area (TPSA) is 49.7 Å². The van der Waals surface area contributed by atoms with Gasteiger partial charge in [0, 0.05) is 10.0 Å². The van der Waals surface area contributed by atoms with E-state index in [0.29, 0.717) is 18.3 Å². The molecule has 1 aromatic rings. The molecule has 4 heteroatoms. The highest BCUT2D eigenvalue weighted by molar-refractivity contribution is 9.10. The van der Waals surface area contributed by atoms with Crippen LogP contribution in [0.3, 0.4) is 0 Å². The maximum atomic E-state index is 10.1. The quantitative estimate of drug-likeness (QED) is 0.830. The van der Waals surface area contributed by atoms with Crippen molar-refractivity contribution in [3.8, 4) is 5.75 Å². The molecule has 1 atom stereocenters. The van der Waals surface area contributed by atoms with Gasteiger partial charge in [-0.15, -0.1) is 0 Å². The van der Waals surface area contributed by atoms with Crippen LogP contribution in [0.2, 0.25) is 0 Å². The number of rotatable bonds is 6. The number of hydrogen-bond acceptors (Lipinski definition) is 3. The first-order valence-electron chi connectivity index (χ1n) is 7.31. The Kier molecular flexibility index (Phi) is 5.87. The van der Waals surface area contributed by atoms with E-state index in [1.165, 1.54) is 25.7 Å². The Morgan fingerprint density at radius 3 is 2.70 bits per heavy atom. The Labute approximate surface area is 129 Å². The smallest absolute Gasteiger partial charge is 0.127 e. The van der Waals surface area contributed by atoms with Crippen molar-refractivity contribution in [2.45, 2.75) is 51.7 Å². The average Bonchev–Trinajstić information content (AvgIpc) is 2.89. The summed E-state index contributed by atoms with van der Waals surface area (Å²) in [7, 11) is 0. The normalized spacial score (nSPS) is 17.4. The predicted molar refractivity (Wildman–Crippen MR) is 82.9 cm³/mol. The van der Waals surface area contributed by atoms with Crippen molar-refractivity contribution in [2.75, 3.05) is 6.61 Å². The van der Waals surface area contributed by atoms with Gasteiger partial charge < -0.3 is 14.9 Å². The Morgan fingerprint density at radius 1 is 1.35 bits per heavy atom. The lowest BCUT2D eigenvalue weighted by atomic mass is 10.0. The third-order valence-electron chi connectivity index (χ3n) is 3.99. The highest BCUT2D eigenvalue weighted by Crippen LogP contribution is 2.30. The number of aliphatic hydroxyl groups is 2. The highest BCUT2D eigenvalue weighted by Gasteiger charge is 2.19. The Balaban J connectivity index is 1.92. The van der Waals surface area contributed by atoms with Crippen molar-refractivity contribution in [3.05, 3.63) is 27.7 Å². The average molecular weight is 343 g/mol. The van der Waals surface area contributed by atoms with Crippen LogP contribution in [0, 0.1) is 12.8 Å². The first-order chi connectivity index (χ1) is 9.60. The zero-order valence-electron chi connectivity index (χ0n) is 11.9. The zero-order chi connectivity index (χ0) is 14.5. The molecule has 0 heterocycles. The third-order valence-corrected chi connectivity index (χ3v) is 4.44. The van der Waals surface area contributed by atoms with Crippen LogP contribution >= 0.6 is 15.9 Å². The second-order valence-electron chi connectivity index (χ2n) is 5.72. The number of benzene rings is 1. The first-order valence-corrected chi connectivity index (χ1v) is 8.10. The van der Waals surface area contributed by atoms with Crippen molar-refractivity contribution in [3.63, 3.8) is 0 Å². The van der Waals surface area contributed by atoms with Gasteiger partial charge in [0.25, 0.3) is 0 Å². The molecule has 0 spiro atoms. The van der Waals surface area contributed by atoms with E-state index >= 15 is 0 Å². The molecule has 0 radical (unpaired) electrons. The standard InChI is InChI=1S/C16H23BrO3/c1-11-6-14(17)8-13(9-18)16(11)20-10-15(19)7-12-4-2-3-5-12/h6,8,12,15,18-19H,2-5,7,9-10H2,1H3. The fraction of sp³-hybridized carbons (Fsp3) is 0.625. The molecule has 0 amide bonds. The number of aryl methyl sites for hydroxylation is 1. The SMILES string of the molecule is Cc1cc(Br)cc(CO)c1OCC(O)CC1CCCC1. The van der Waals surface area contributed by atoms with Gasteiger partial charge in [0.05, 0.1) is 12.7 Å². The van der Waals surface area contributed by atoms with E-state index < -0.39 is 6.10 Å². The van der Waals surface area contributed by atoms with Gasteiger partial charge in [0.2, 0.25) is 0 Å². The van der Waals surface area contributed by atoms with E-state index in [1.54, 1.807) is 0 Å². The lowest BCUT2D eigenvalue weighted by Crippen LogP contribution is -2.21. The molecule has 20 heavy (non-hydrogen) atoms. The summed E-state index contributed by atoms with van der Waals surface area (Å²) in [6.07, 6.45) is 5.45. The zero-order valence-corrected chi connectivity index (χ0v) is 13.5. The van der Waals surface area contributed by atoms with E-state index in [4.69, 9.17) is 4.74 Å². The van der Waals surface area contributed by atoms with E-state index in [9.17, 15) is 10.2 Å². The molecule has 1 unspecified atom stereocenters. The second-order valence-corrected chi connectivity index (χ2v) is 6.64. The maximum absolute atomic E-state index is 10.1. The van der Waals surface area contributed by atoms with Gasteiger partial charge in [0.15, 0.2) is 0 Å². The molecular weight excluding hydrogens is 320 g/mol. The van der Waals surface area contributed by atoms with Crippen molar-refractivity contribution in [2.24, 2.45) is 5.92 Å². The lowest BCUT2D eigenvalue weighted by Gasteiger charge is -2.18. The second kappa shape index (κ2) is 7.43. The van der Waals surface area contributed by atoms with Crippen molar-refractivity contribution in [1.29, 1.82) is 0 Å². The minimum Gasteiger partial charge on any atom is -0.490 e. The molecule has 0 saturated heterocycles. The van der Waals surface area contributed by atoms with Crippen LogP contribution in [-0.4, -0.2) is 22.9 Å². The molecule has 1 aliphatic carbocycles. The fourth-order valence-corrected chi connectivity index (χ4v) is 3.62. The molecule has 0 bridgehead atoms. The van der Waals surface area contributed by atoms with Crippen molar-refractivity contribution in [1.82, 2.24) is 0 Å². The summed E-state index contributed by atoms with van der Waals surface area (Å²) in [5.41, 5.74) is 1.72. The van der Waals surface area contributed by atoms with E-state index in [-0.39, 0.29) is 6.61 Å². The molecule has 112 valence electrons. The van der Waals surface area contributed by atoms with Crippen molar-refractivity contribution < 1.29 is 14.9 Å². The van der Waals surface area contributed by atoms with Crippen LogP contribution in [0.5, 0.6) is 5.75 Å². The minimum atomic E-state index is -0.423. The molecular formula is C16H23BrO3. The highest BCUT2D eigenvalue weighted by atomic mass is 79.9. The summed E-state index contributed by atoms with van der Waals surface area (Å²) < 4.78 is 6.68.